The summed E-state index contributed by atoms with van der Waals surface area (Å²) in [4.78, 5) is 26.5. The molecule has 0 aromatic heterocycles. The zero-order valence-corrected chi connectivity index (χ0v) is 8.12. The number of rotatable bonds is 6. The smallest absolute Gasteiger partial charge is 0.325 e. The van der Waals surface area contributed by atoms with Gasteiger partial charge in [0.25, 0.3) is 0 Å². The van der Waals surface area contributed by atoms with Crippen molar-refractivity contribution in [1.29, 1.82) is 0 Å². The third-order valence-electron chi connectivity index (χ3n) is 1.32. The standard InChI is InChI=1S/C8H15NO4/c1-4-13-8(11)7(9-12-3)5-6(2)10/h7,9H,4-5H2,1-3H3/t7-/m1/s1. The minimum atomic E-state index is -0.706. The largest absolute Gasteiger partial charge is 0.465 e. The zero-order chi connectivity index (χ0) is 10.3. The molecule has 0 spiro atoms. The van der Waals surface area contributed by atoms with E-state index in [1.807, 2.05) is 0 Å². The summed E-state index contributed by atoms with van der Waals surface area (Å²) in [7, 11) is 1.38. The Bertz CT molecular complexity index is 181. The third kappa shape index (κ3) is 5.32. The monoisotopic (exact) mass is 189 g/mol. The summed E-state index contributed by atoms with van der Waals surface area (Å²) in [5.74, 6) is -0.567. The molecule has 0 saturated carbocycles. The first-order valence-electron chi connectivity index (χ1n) is 4.06. The minimum absolute atomic E-state index is 0.0761. The first-order chi connectivity index (χ1) is 6.11. The van der Waals surface area contributed by atoms with Gasteiger partial charge in [-0.3, -0.25) is 9.59 Å². The molecule has 0 aliphatic heterocycles. The van der Waals surface area contributed by atoms with E-state index in [1.165, 1.54) is 14.0 Å². The molecule has 0 aromatic carbocycles. The van der Waals surface area contributed by atoms with E-state index in [9.17, 15) is 9.59 Å². The molecule has 13 heavy (non-hydrogen) atoms. The van der Waals surface area contributed by atoms with Gasteiger partial charge in [-0.15, -0.1) is 0 Å². The maximum Gasteiger partial charge on any atom is 0.325 e. The van der Waals surface area contributed by atoms with E-state index in [0.717, 1.165) is 0 Å². The quantitative estimate of drug-likeness (QED) is 0.472. The van der Waals surface area contributed by atoms with Crippen molar-refractivity contribution >= 4 is 11.8 Å². The van der Waals surface area contributed by atoms with Gasteiger partial charge in [0.05, 0.1) is 13.7 Å². The second kappa shape index (κ2) is 6.56. The average Bonchev–Trinajstić information content (AvgIpc) is 2.03. The van der Waals surface area contributed by atoms with E-state index in [1.54, 1.807) is 6.92 Å². The van der Waals surface area contributed by atoms with Gasteiger partial charge in [0.15, 0.2) is 0 Å². The highest BCUT2D eigenvalue weighted by Crippen LogP contribution is 1.96. The summed E-state index contributed by atoms with van der Waals surface area (Å²) in [5.41, 5.74) is 2.40. The van der Waals surface area contributed by atoms with E-state index < -0.39 is 12.0 Å². The Labute approximate surface area is 77.3 Å². The molecule has 0 rings (SSSR count). The number of esters is 1. The van der Waals surface area contributed by atoms with Gasteiger partial charge < -0.3 is 9.57 Å². The molecule has 0 heterocycles. The Kier molecular flexibility index (Phi) is 6.09. The van der Waals surface area contributed by atoms with Crippen LogP contribution in [0.25, 0.3) is 0 Å². The normalized spacial score (nSPS) is 12.2. The van der Waals surface area contributed by atoms with E-state index in [4.69, 9.17) is 4.74 Å². The molecule has 0 radical (unpaired) electrons. The van der Waals surface area contributed by atoms with Crippen molar-refractivity contribution < 1.29 is 19.2 Å². The summed E-state index contributed by atoms with van der Waals surface area (Å²) in [6.45, 7) is 3.40. The number of Topliss-reactive ketones (excluding diaryl/α,β-unsaturated/α-hetero) is 1. The van der Waals surface area contributed by atoms with Gasteiger partial charge in [-0.25, -0.2) is 0 Å². The molecule has 76 valence electrons. The number of carbonyl (C=O) groups is 2. The summed E-state index contributed by atoms with van der Waals surface area (Å²) >= 11 is 0. The summed E-state index contributed by atoms with van der Waals surface area (Å²) in [6, 6.07) is -0.706. The van der Waals surface area contributed by atoms with E-state index >= 15 is 0 Å². The molecule has 0 aromatic rings. The fourth-order valence-corrected chi connectivity index (χ4v) is 0.846. The van der Waals surface area contributed by atoms with Crippen LogP contribution in [0.1, 0.15) is 20.3 Å². The minimum Gasteiger partial charge on any atom is -0.465 e. The van der Waals surface area contributed by atoms with E-state index in [0.29, 0.717) is 6.61 Å². The molecule has 0 bridgehead atoms. The molecule has 5 nitrogen and oxygen atoms in total. The number of nitrogens with one attached hydrogen (secondary N) is 1. The van der Waals surface area contributed by atoms with E-state index in [-0.39, 0.29) is 12.2 Å². The van der Waals surface area contributed by atoms with Crippen molar-refractivity contribution in [3.63, 3.8) is 0 Å². The van der Waals surface area contributed by atoms with Gasteiger partial charge in [-0.1, -0.05) is 0 Å². The summed E-state index contributed by atoms with van der Waals surface area (Å²) in [6.07, 6.45) is 0.0761. The number of ether oxygens (including phenoxy) is 1. The van der Waals surface area contributed by atoms with Gasteiger partial charge in [-0.05, 0) is 13.8 Å². The topological polar surface area (TPSA) is 64.6 Å². The van der Waals surface area contributed by atoms with Crippen LogP contribution in [-0.4, -0.2) is 31.5 Å². The lowest BCUT2D eigenvalue weighted by molar-refractivity contribution is -0.151. The lowest BCUT2D eigenvalue weighted by atomic mass is 10.2. The van der Waals surface area contributed by atoms with Crippen LogP contribution in [0.15, 0.2) is 0 Å². The first-order valence-corrected chi connectivity index (χ1v) is 4.06. The zero-order valence-electron chi connectivity index (χ0n) is 8.12. The number of ketones is 1. The molecular formula is C8H15NO4. The highest BCUT2D eigenvalue weighted by molar-refractivity contribution is 5.84. The number of carbonyl (C=O) groups excluding carboxylic acids is 2. The van der Waals surface area contributed by atoms with Crippen molar-refractivity contribution in [2.24, 2.45) is 0 Å². The number of hydroxylamine groups is 1. The maximum atomic E-state index is 11.2. The predicted molar refractivity (Wildman–Crippen MR) is 45.9 cm³/mol. The molecule has 0 unspecified atom stereocenters. The van der Waals surface area contributed by atoms with Gasteiger partial charge >= 0.3 is 5.97 Å². The lowest BCUT2D eigenvalue weighted by Crippen LogP contribution is -2.38. The highest BCUT2D eigenvalue weighted by atomic mass is 16.6. The van der Waals surface area contributed by atoms with Crippen LogP contribution in [0, 0.1) is 0 Å². The average molecular weight is 189 g/mol. The Morgan fingerprint density at radius 1 is 1.46 bits per heavy atom. The Morgan fingerprint density at radius 2 is 2.08 bits per heavy atom. The lowest BCUT2D eigenvalue weighted by Gasteiger charge is -2.13. The molecule has 0 amide bonds. The van der Waals surface area contributed by atoms with Crippen LogP contribution in [-0.2, 0) is 19.2 Å². The molecule has 0 saturated heterocycles. The van der Waals surface area contributed by atoms with Gasteiger partial charge in [0.2, 0.25) is 0 Å². The van der Waals surface area contributed by atoms with Gasteiger partial charge in [0, 0.05) is 6.42 Å². The van der Waals surface area contributed by atoms with Crippen LogP contribution in [0.2, 0.25) is 0 Å². The summed E-state index contributed by atoms with van der Waals surface area (Å²) < 4.78 is 4.72. The second-order valence-corrected chi connectivity index (χ2v) is 2.53. The predicted octanol–water partition coefficient (Wildman–Crippen LogP) is 0.0482. The van der Waals surface area contributed by atoms with Gasteiger partial charge in [0.1, 0.15) is 11.8 Å². The third-order valence-corrected chi connectivity index (χ3v) is 1.32. The van der Waals surface area contributed by atoms with Crippen molar-refractivity contribution in [3.05, 3.63) is 0 Å². The molecule has 0 aliphatic rings. The SMILES string of the molecule is CCOC(=O)[C@@H](CC(C)=O)NOC. The van der Waals surface area contributed by atoms with Crippen molar-refractivity contribution in [2.75, 3.05) is 13.7 Å². The van der Waals surface area contributed by atoms with Crippen LogP contribution in [0.5, 0.6) is 0 Å². The second-order valence-electron chi connectivity index (χ2n) is 2.53. The van der Waals surface area contributed by atoms with Crippen LogP contribution in [0.4, 0.5) is 0 Å². The first kappa shape index (κ1) is 12.1. The fourth-order valence-electron chi connectivity index (χ4n) is 0.846. The molecule has 5 heteroatoms. The maximum absolute atomic E-state index is 11.2. The van der Waals surface area contributed by atoms with Crippen molar-refractivity contribution in [2.45, 2.75) is 26.3 Å². The van der Waals surface area contributed by atoms with Crippen molar-refractivity contribution in [1.82, 2.24) is 5.48 Å². The highest BCUT2D eigenvalue weighted by Gasteiger charge is 2.20. The molecular weight excluding hydrogens is 174 g/mol. The Morgan fingerprint density at radius 3 is 2.46 bits per heavy atom. The molecule has 1 atom stereocenters. The molecule has 1 N–H and O–H groups in total. The molecule has 0 aliphatic carbocycles. The van der Waals surface area contributed by atoms with Crippen LogP contribution in [0.3, 0.4) is 0 Å². The Hall–Kier alpha value is -0.940. The van der Waals surface area contributed by atoms with Crippen LogP contribution >= 0.6 is 0 Å². The van der Waals surface area contributed by atoms with Crippen LogP contribution < -0.4 is 5.48 Å². The van der Waals surface area contributed by atoms with Gasteiger partial charge in [-0.2, -0.15) is 5.48 Å². The van der Waals surface area contributed by atoms with E-state index in [2.05, 4.69) is 10.3 Å². The molecule has 0 fully saturated rings. The van der Waals surface area contributed by atoms with Crippen molar-refractivity contribution in [3.8, 4) is 0 Å². The summed E-state index contributed by atoms with van der Waals surface area (Å²) in [5, 5.41) is 0. The number of hydrogen-bond acceptors (Lipinski definition) is 5. The number of hydrogen-bond donors (Lipinski definition) is 1. The fraction of sp³-hybridized carbons (Fsp3) is 0.750. The Balaban J connectivity index is 4.06.